The van der Waals surface area contributed by atoms with E-state index in [4.69, 9.17) is 24.1 Å². The van der Waals surface area contributed by atoms with Crippen molar-refractivity contribution < 1.29 is 14.0 Å². The van der Waals surface area contributed by atoms with E-state index in [2.05, 4.69) is 15.2 Å². The molecule has 1 aliphatic rings. The van der Waals surface area contributed by atoms with E-state index in [0.29, 0.717) is 23.2 Å². The van der Waals surface area contributed by atoms with Crippen LogP contribution >= 0.6 is 0 Å². The Morgan fingerprint density at radius 3 is 2.58 bits per heavy atom. The predicted molar refractivity (Wildman–Crippen MR) is 138 cm³/mol. The van der Waals surface area contributed by atoms with Gasteiger partial charge in [0.15, 0.2) is 18.1 Å². The third-order valence-corrected chi connectivity index (χ3v) is 6.36. The summed E-state index contributed by atoms with van der Waals surface area (Å²) in [6.07, 6.45) is 4.88. The van der Waals surface area contributed by atoms with Crippen molar-refractivity contribution in [1.29, 1.82) is 0 Å². The SMILES string of the molecule is Cc1nn(-c2ccccc2)c2c1[C@@H](c1ccco1)c1c(ncn3nc(CO/N=C\c4ccccc4)nc13)O2. The van der Waals surface area contributed by atoms with Gasteiger partial charge in [-0.15, -0.1) is 5.10 Å². The maximum atomic E-state index is 6.39. The third-order valence-electron chi connectivity index (χ3n) is 6.36. The maximum absolute atomic E-state index is 6.39. The van der Waals surface area contributed by atoms with E-state index in [1.807, 2.05) is 79.7 Å². The van der Waals surface area contributed by atoms with Crippen molar-refractivity contribution in [1.82, 2.24) is 29.4 Å². The number of hydrogen-bond donors (Lipinski definition) is 0. The van der Waals surface area contributed by atoms with Gasteiger partial charge in [-0.25, -0.2) is 19.2 Å². The molecule has 1 atom stereocenters. The quantitative estimate of drug-likeness (QED) is 0.231. The Kier molecular flexibility index (Phi) is 5.21. The van der Waals surface area contributed by atoms with Crippen molar-refractivity contribution in [3.63, 3.8) is 0 Å². The van der Waals surface area contributed by atoms with Crippen LogP contribution in [-0.4, -0.2) is 35.6 Å². The van der Waals surface area contributed by atoms with Gasteiger partial charge in [0, 0.05) is 0 Å². The first kappa shape index (κ1) is 22.0. The van der Waals surface area contributed by atoms with Crippen LogP contribution in [-0.2, 0) is 11.4 Å². The number of ether oxygens (including phenoxy) is 1. The van der Waals surface area contributed by atoms with E-state index >= 15 is 0 Å². The first-order valence-corrected chi connectivity index (χ1v) is 12.1. The summed E-state index contributed by atoms with van der Waals surface area (Å²) in [4.78, 5) is 14.8. The zero-order valence-corrected chi connectivity index (χ0v) is 20.3. The highest BCUT2D eigenvalue weighted by atomic mass is 16.6. The Morgan fingerprint density at radius 1 is 0.974 bits per heavy atom. The minimum atomic E-state index is -0.341. The molecule has 6 aromatic rings. The highest BCUT2D eigenvalue weighted by Crippen LogP contribution is 2.49. The number of benzene rings is 2. The van der Waals surface area contributed by atoms with Crippen LogP contribution in [0, 0.1) is 6.92 Å². The molecule has 0 bridgehead atoms. The molecule has 186 valence electrons. The number of nitrogens with zero attached hydrogens (tertiary/aromatic N) is 7. The van der Waals surface area contributed by atoms with Crippen LogP contribution < -0.4 is 4.74 Å². The average Bonchev–Trinajstić information content (AvgIpc) is 3.70. The third kappa shape index (κ3) is 3.70. The van der Waals surface area contributed by atoms with Crippen molar-refractivity contribution in [2.45, 2.75) is 19.4 Å². The summed E-state index contributed by atoms with van der Waals surface area (Å²) in [5.74, 6) is 1.87. The second kappa shape index (κ2) is 9.00. The molecule has 4 aromatic heterocycles. The highest BCUT2D eigenvalue weighted by molar-refractivity contribution is 5.78. The monoisotopic (exact) mass is 503 g/mol. The number of fused-ring (bicyclic) bond motifs is 4. The van der Waals surface area contributed by atoms with Crippen molar-refractivity contribution in [2.24, 2.45) is 5.16 Å². The van der Waals surface area contributed by atoms with Crippen LogP contribution in [0.4, 0.5) is 0 Å². The molecule has 1 aliphatic heterocycles. The molecular weight excluding hydrogens is 482 g/mol. The molecule has 5 heterocycles. The minimum Gasteiger partial charge on any atom is -0.468 e. The lowest BCUT2D eigenvalue weighted by Gasteiger charge is -2.24. The van der Waals surface area contributed by atoms with Gasteiger partial charge in [0.1, 0.15) is 12.1 Å². The van der Waals surface area contributed by atoms with Crippen molar-refractivity contribution in [3.8, 4) is 17.4 Å². The Hall–Kier alpha value is -5.25. The zero-order chi connectivity index (χ0) is 25.5. The molecule has 0 saturated carbocycles. The lowest BCUT2D eigenvalue weighted by Crippen LogP contribution is -2.15. The molecule has 2 aromatic carbocycles. The summed E-state index contributed by atoms with van der Waals surface area (Å²) in [6.45, 7) is 2.06. The van der Waals surface area contributed by atoms with Crippen molar-refractivity contribution in [2.75, 3.05) is 0 Å². The number of para-hydroxylation sites is 1. The number of furan rings is 1. The Morgan fingerprint density at radius 2 is 1.79 bits per heavy atom. The standard InChI is InChI=1S/C28H21N7O3/c1-18-23-24(21-13-8-14-36-21)25-26-31-22(16-37-30-15-19-9-4-2-5-10-19)33-34(26)17-29-27(25)38-28(23)35(32-18)20-11-6-3-7-12-20/h2-15,17,24H,16H2,1H3/b30-15-/t24-/m1/s1. The average molecular weight is 504 g/mol. The molecule has 0 amide bonds. The molecule has 0 aliphatic carbocycles. The van der Waals surface area contributed by atoms with E-state index in [-0.39, 0.29) is 12.5 Å². The molecular formula is C28H21N7O3. The fourth-order valence-electron chi connectivity index (χ4n) is 4.70. The van der Waals surface area contributed by atoms with Gasteiger partial charge < -0.3 is 14.0 Å². The molecule has 0 fully saturated rings. The summed E-state index contributed by atoms with van der Waals surface area (Å²) < 4.78 is 15.7. The van der Waals surface area contributed by atoms with Crippen LogP contribution in [0.2, 0.25) is 0 Å². The molecule has 0 N–H and O–H groups in total. The lowest BCUT2D eigenvalue weighted by molar-refractivity contribution is 0.126. The Bertz CT molecular complexity index is 1760. The van der Waals surface area contributed by atoms with Gasteiger partial charge in [-0.3, -0.25) is 0 Å². The molecule has 0 saturated heterocycles. The van der Waals surface area contributed by atoms with Gasteiger partial charge >= 0.3 is 0 Å². The topological polar surface area (TPSA) is 105 Å². The van der Waals surface area contributed by atoms with Crippen molar-refractivity contribution in [3.05, 3.63) is 119 Å². The Balaban J connectivity index is 1.29. The summed E-state index contributed by atoms with van der Waals surface area (Å²) in [5, 5.41) is 13.4. The molecule has 38 heavy (non-hydrogen) atoms. The first-order chi connectivity index (χ1) is 18.8. The van der Waals surface area contributed by atoms with Gasteiger partial charge in [-0.05, 0) is 36.8 Å². The molecule has 10 nitrogen and oxygen atoms in total. The fraction of sp³-hybridized carbons (Fsp3) is 0.107. The Labute approximate surface area is 216 Å². The minimum absolute atomic E-state index is 0.0995. The van der Waals surface area contributed by atoms with E-state index in [9.17, 15) is 0 Å². The van der Waals surface area contributed by atoms with Crippen LogP contribution in [0.15, 0.2) is 95.0 Å². The van der Waals surface area contributed by atoms with Crippen molar-refractivity contribution >= 4 is 11.9 Å². The van der Waals surface area contributed by atoms with Gasteiger partial charge in [0.2, 0.25) is 11.8 Å². The number of aromatic nitrogens is 6. The van der Waals surface area contributed by atoms with Crippen LogP contribution in [0.1, 0.15) is 39.9 Å². The number of hydrogen-bond acceptors (Lipinski definition) is 8. The summed E-state index contributed by atoms with van der Waals surface area (Å²) >= 11 is 0. The summed E-state index contributed by atoms with van der Waals surface area (Å²) in [6, 6.07) is 23.4. The number of oxime groups is 1. The van der Waals surface area contributed by atoms with Gasteiger partial charge in [0.25, 0.3) is 0 Å². The normalized spacial score (nSPS) is 14.4. The smallest absolute Gasteiger partial charge is 0.230 e. The molecule has 7 rings (SSSR count). The second-order valence-corrected chi connectivity index (χ2v) is 8.78. The molecule has 10 heteroatoms. The van der Waals surface area contributed by atoms with E-state index in [1.54, 1.807) is 28.0 Å². The lowest BCUT2D eigenvalue weighted by atomic mass is 9.88. The zero-order valence-electron chi connectivity index (χ0n) is 20.3. The van der Waals surface area contributed by atoms with Crippen LogP contribution in [0.5, 0.6) is 11.8 Å². The predicted octanol–water partition coefficient (Wildman–Crippen LogP) is 5.05. The van der Waals surface area contributed by atoms with Crippen LogP contribution in [0.25, 0.3) is 11.3 Å². The van der Waals surface area contributed by atoms with Gasteiger partial charge in [-0.1, -0.05) is 53.7 Å². The maximum Gasteiger partial charge on any atom is 0.230 e. The van der Waals surface area contributed by atoms with E-state index < -0.39 is 0 Å². The first-order valence-electron chi connectivity index (χ1n) is 12.1. The van der Waals surface area contributed by atoms with Gasteiger partial charge in [0.05, 0.1) is 40.9 Å². The number of rotatable bonds is 6. The highest BCUT2D eigenvalue weighted by Gasteiger charge is 2.39. The molecule has 0 unspecified atom stereocenters. The van der Waals surface area contributed by atoms with E-state index in [0.717, 1.165) is 33.8 Å². The van der Waals surface area contributed by atoms with Crippen LogP contribution in [0.3, 0.4) is 0 Å². The van der Waals surface area contributed by atoms with Gasteiger partial charge in [-0.2, -0.15) is 5.10 Å². The summed E-state index contributed by atoms with van der Waals surface area (Å²) in [5.41, 5.74) is 4.87. The largest absolute Gasteiger partial charge is 0.468 e. The second-order valence-electron chi connectivity index (χ2n) is 8.78. The molecule has 0 radical (unpaired) electrons. The molecule has 0 spiro atoms. The summed E-state index contributed by atoms with van der Waals surface area (Å²) in [7, 11) is 0. The number of aryl methyl sites for hydroxylation is 1. The fourth-order valence-corrected chi connectivity index (χ4v) is 4.70. The van der Waals surface area contributed by atoms with E-state index in [1.165, 1.54) is 0 Å².